The minimum Gasteiger partial charge on any atom is -0.508 e. The summed E-state index contributed by atoms with van der Waals surface area (Å²) in [4.78, 5) is 16.5. The summed E-state index contributed by atoms with van der Waals surface area (Å²) < 4.78 is 13.4. The topological polar surface area (TPSA) is 64.0 Å². The highest BCUT2D eigenvalue weighted by Crippen LogP contribution is 2.39. The van der Waals surface area contributed by atoms with Crippen LogP contribution in [-0.2, 0) is 16.8 Å². The SMILES string of the molecule is CN(C)CC1CN(C(=O)Cc2cccc(F)c2)CCC1(O)c1cccc(O)c1. The summed E-state index contributed by atoms with van der Waals surface area (Å²) >= 11 is 0. The first-order valence-corrected chi connectivity index (χ1v) is 9.47. The first kappa shape index (κ1) is 20.3. The molecule has 1 heterocycles. The molecule has 0 aromatic heterocycles. The van der Waals surface area contributed by atoms with Crippen LogP contribution in [0.15, 0.2) is 48.5 Å². The molecule has 0 saturated carbocycles. The van der Waals surface area contributed by atoms with Gasteiger partial charge in [0.25, 0.3) is 0 Å². The maximum absolute atomic E-state index is 13.4. The standard InChI is InChI=1S/C22H27FN2O3/c1-24(2)14-18-15-25(21(27)12-16-5-3-7-19(23)11-16)10-9-22(18,28)17-6-4-8-20(26)13-17/h3-8,11,13,18,26,28H,9-10,12,14-15H2,1-2H3. The van der Waals surface area contributed by atoms with Crippen LogP contribution in [0.3, 0.4) is 0 Å². The third-order valence-corrected chi connectivity index (χ3v) is 5.41. The molecule has 28 heavy (non-hydrogen) atoms. The van der Waals surface area contributed by atoms with Crippen LogP contribution in [0.1, 0.15) is 17.5 Å². The monoisotopic (exact) mass is 386 g/mol. The molecule has 0 spiro atoms. The first-order valence-electron chi connectivity index (χ1n) is 9.47. The van der Waals surface area contributed by atoms with Gasteiger partial charge in [-0.25, -0.2) is 4.39 Å². The number of likely N-dealkylation sites (tertiary alicyclic amines) is 1. The Morgan fingerprint density at radius 2 is 2.00 bits per heavy atom. The molecule has 2 N–H and O–H groups in total. The van der Waals surface area contributed by atoms with Crippen molar-refractivity contribution in [1.82, 2.24) is 9.80 Å². The number of carbonyl (C=O) groups excluding carboxylic acids is 1. The molecule has 0 bridgehead atoms. The predicted molar refractivity (Wildman–Crippen MR) is 105 cm³/mol. The summed E-state index contributed by atoms with van der Waals surface area (Å²) in [5, 5.41) is 21.3. The van der Waals surface area contributed by atoms with Gasteiger partial charge in [-0.3, -0.25) is 4.79 Å². The Balaban J connectivity index is 1.79. The number of hydrogen-bond acceptors (Lipinski definition) is 4. The Morgan fingerprint density at radius 1 is 1.25 bits per heavy atom. The maximum Gasteiger partial charge on any atom is 0.227 e. The molecule has 6 heteroatoms. The van der Waals surface area contributed by atoms with Crippen LogP contribution >= 0.6 is 0 Å². The number of aliphatic hydroxyl groups is 1. The quantitative estimate of drug-likeness (QED) is 0.828. The van der Waals surface area contributed by atoms with Gasteiger partial charge in [0.2, 0.25) is 5.91 Å². The Kier molecular flexibility index (Phi) is 6.01. The molecule has 1 aliphatic heterocycles. The van der Waals surface area contributed by atoms with Crippen LogP contribution in [-0.4, -0.2) is 59.6 Å². The Hall–Kier alpha value is -2.44. The average molecular weight is 386 g/mol. The number of rotatable bonds is 5. The highest BCUT2D eigenvalue weighted by atomic mass is 19.1. The van der Waals surface area contributed by atoms with Crippen molar-refractivity contribution < 1.29 is 19.4 Å². The minimum absolute atomic E-state index is 0.0766. The van der Waals surface area contributed by atoms with Crippen LogP contribution in [0.5, 0.6) is 5.75 Å². The van der Waals surface area contributed by atoms with E-state index in [0.717, 1.165) is 0 Å². The van der Waals surface area contributed by atoms with Crippen molar-refractivity contribution in [2.24, 2.45) is 5.92 Å². The van der Waals surface area contributed by atoms with E-state index in [9.17, 15) is 19.4 Å². The molecule has 1 saturated heterocycles. The molecule has 3 rings (SSSR count). The normalized spacial score (nSPS) is 22.5. The van der Waals surface area contributed by atoms with E-state index in [2.05, 4.69) is 0 Å². The average Bonchev–Trinajstić information content (AvgIpc) is 2.63. The number of halogens is 1. The molecule has 1 aliphatic rings. The molecule has 150 valence electrons. The molecule has 5 nitrogen and oxygen atoms in total. The van der Waals surface area contributed by atoms with E-state index in [1.165, 1.54) is 12.1 Å². The third kappa shape index (κ3) is 4.51. The van der Waals surface area contributed by atoms with E-state index < -0.39 is 5.60 Å². The van der Waals surface area contributed by atoms with Gasteiger partial charge in [-0.15, -0.1) is 0 Å². The summed E-state index contributed by atoms with van der Waals surface area (Å²) in [6.07, 6.45) is 0.515. The second kappa shape index (κ2) is 8.29. The molecule has 1 fully saturated rings. The summed E-state index contributed by atoms with van der Waals surface area (Å²) in [6.45, 7) is 1.40. The summed E-state index contributed by atoms with van der Waals surface area (Å²) in [6, 6.07) is 12.8. The molecule has 1 amide bonds. The fourth-order valence-corrected chi connectivity index (χ4v) is 3.98. The second-order valence-corrected chi connectivity index (χ2v) is 7.83. The van der Waals surface area contributed by atoms with Crippen molar-refractivity contribution >= 4 is 5.91 Å². The highest BCUT2D eigenvalue weighted by molar-refractivity contribution is 5.79. The van der Waals surface area contributed by atoms with Crippen LogP contribution in [0.2, 0.25) is 0 Å². The van der Waals surface area contributed by atoms with Gasteiger partial charge in [-0.1, -0.05) is 24.3 Å². The van der Waals surface area contributed by atoms with Crippen LogP contribution in [0.4, 0.5) is 4.39 Å². The van der Waals surface area contributed by atoms with Crippen molar-refractivity contribution in [3.8, 4) is 5.75 Å². The molecule has 0 radical (unpaired) electrons. The zero-order valence-corrected chi connectivity index (χ0v) is 16.3. The fourth-order valence-electron chi connectivity index (χ4n) is 3.98. The van der Waals surface area contributed by atoms with Gasteiger partial charge in [-0.2, -0.15) is 0 Å². The van der Waals surface area contributed by atoms with E-state index in [-0.39, 0.29) is 29.8 Å². The lowest BCUT2D eigenvalue weighted by Crippen LogP contribution is -2.54. The number of nitrogens with zero attached hydrogens (tertiary/aromatic N) is 2. The summed E-state index contributed by atoms with van der Waals surface area (Å²) in [5.41, 5.74) is 0.179. The van der Waals surface area contributed by atoms with Gasteiger partial charge in [-0.05, 0) is 55.9 Å². The molecule has 0 aliphatic carbocycles. The second-order valence-electron chi connectivity index (χ2n) is 7.83. The van der Waals surface area contributed by atoms with Crippen molar-refractivity contribution in [3.63, 3.8) is 0 Å². The van der Waals surface area contributed by atoms with E-state index in [1.807, 2.05) is 25.1 Å². The third-order valence-electron chi connectivity index (χ3n) is 5.41. The minimum atomic E-state index is -1.13. The zero-order chi connectivity index (χ0) is 20.3. The largest absolute Gasteiger partial charge is 0.508 e. The number of piperidine rings is 1. The number of benzene rings is 2. The molecule has 2 atom stereocenters. The van der Waals surface area contributed by atoms with Crippen molar-refractivity contribution in [2.45, 2.75) is 18.4 Å². The van der Waals surface area contributed by atoms with Gasteiger partial charge in [0.15, 0.2) is 0 Å². The lowest BCUT2D eigenvalue weighted by molar-refractivity contribution is -0.141. The number of amides is 1. The van der Waals surface area contributed by atoms with Gasteiger partial charge >= 0.3 is 0 Å². The van der Waals surface area contributed by atoms with Crippen molar-refractivity contribution in [3.05, 3.63) is 65.5 Å². The van der Waals surface area contributed by atoms with E-state index >= 15 is 0 Å². The van der Waals surface area contributed by atoms with Crippen molar-refractivity contribution in [2.75, 3.05) is 33.7 Å². The lowest BCUT2D eigenvalue weighted by Gasteiger charge is -2.46. The van der Waals surface area contributed by atoms with Crippen LogP contribution < -0.4 is 0 Å². The molecule has 2 aromatic rings. The summed E-state index contributed by atoms with van der Waals surface area (Å²) in [5.74, 6) is -0.534. The van der Waals surface area contributed by atoms with Crippen LogP contribution in [0, 0.1) is 11.7 Å². The summed E-state index contributed by atoms with van der Waals surface area (Å²) in [7, 11) is 3.85. The number of phenolic OH excluding ortho intramolecular Hbond substituents is 1. The molecule has 2 unspecified atom stereocenters. The smallest absolute Gasteiger partial charge is 0.227 e. The number of hydrogen-bond donors (Lipinski definition) is 2. The Labute approximate surface area is 165 Å². The Bertz CT molecular complexity index is 842. The first-order chi connectivity index (χ1) is 13.3. The van der Waals surface area contributed by atoms with Crippen molar-refractivity contribution in [1.29, 1.82) is 0 Å². The number of carbonyl (C=O) groups is 1. The molecular weight excluding hydrogens is 359 g/mol. The van der Waals surface area contributed by atoms with Gasteiger partial charge in [0.05, 0.1) is 12.0 Å². The Morgan fingerprint density at radius 3 is 2.68 bits per heavy atom. The van der Waals surface area contributed by atoms with Gasteiger partial charge in [0.1, 0.15) is 11.6 Å². The van der Waals surface area contributed by atoms with Gasteiger partial charge in [0, 0.05) is 25.6 Å². The van der Waals surface area contributed by atoms with Crippen LogP contribution in [0.25, 0.3) is 0 Å². The molecule has 2 aromatic carbocycles. The van der Waals surface area contributed by atoms with E-state index in [0.29, 0.717) is 37.2 Å². The zero-order valence-electron chi connectivity index (χ0n) is 16.3. The fraction of sp³-hybridized carbons (Fsp3) is 0.409. The van der Waals surface area contributed by atoms with E-state index in [1.54, 1.807) is 35.2 Å². The highest BCUT2D eigenvalue weighted by Gasteiger charge is 2.44. The maximum atomic E-state index is 13.4. The van der Waals surface area contributed by atoms with Gasteiger partial charge < -0.3 is 20.0 Å². The lowest BCUT2D eigenvalue weighted by atomic mass is 9.75. The number of aromatic hydroxyl groups is 1. The predicted octanol–water partition coefficient (Wildman–Crippen LogP) is 2.37. The molecular formula is C22H27FN2O3. The van der Waals surface area contributed by atoms with E-state index in [4.69, 9.17) is 0 Å². The number of phenols is 1.